The van der Waals surface area contributed by atoms with Gasteiger partial charge in [0.05, 0.1) is 11.8 Å². The van der Waals surface area contributed by atoms with Gasteiger partial charge in [-0.25, -0.2) is 12.7 Å². The van der Waals surface area contributed by atoms with E-state index < -0.39 is 10.0 Å². The maximum Gasteiger partial charge on any atom is 0.223 e. The smallest absolute Gasteiger partial charge is 0.223 e. The molecule has 1 amide bonds. The van der Waals surface area contributed by atoms with Crippen LogP contribution in [-0.2, 0) is 20.6 Å². The number of hydrogen-bond donors (Lipinski definition) is 1. The van der Waals surface area contributed by atoms with Crippen LogP contribution in [0.5, 0.6) is 11.5 Å². The molecule has 32 heavy (non-hydrogen) atoms. The minimum absolute atomic E-state index is 0.0373. The van der Waals surface area contributed by atoms with Gasteiger partial charge in [0.1, 0.15) is 13.2 Å². The van der Waals surface area contributed by atoms with Crippen molar-refractivity contribution >= 4 is 31.9 Å². The van der Waals surface area contributed by atoms with Gasteiger partial charge in [-0.3, -0.25) is 4.79 Å². The number of rotatable bonds is 6. The Morgan fingerprint density at radius 3 is 2.56 bits per heavy atom. The standard InChI is InChI=1S/C23H27BrN2O5S/c1-16(19-5-6-21-22(14-19)31-12-11-30-21)25-23(27)18-7-9-26(10-8-18)32(28,29)15-17-3-2-4-20(24)13-17/h2-6,13-14,16,18H,7-12,15H2,1H3,(H,25,27)/t16-/m0/s1. The molecule has 4 rings (SSSR count). The van der Waals surface area contributed by atoms with Crippen LogP contribution in [0.3, 0.4) is 0 Å². The van der Waals surface area contributed by atoms with Crippen molar-refractivity contribution in [1.29, 1.82) is 0 Å². The molecule has 2 aromatic rings. The molecule has 172 valence electrons. The molecular formula is C23H27BrN2O5S. The third kappa shape index (κ3) is 5.44. The number of nitrogens with one attached hydrogen (secondary N) is 1. The van der Waals surface area contributed by atoms with Crippen molar-refractivity contribution in [2.24, 2.45) is 5.92 Å². The van der Waals surface area contributed by atoms with Crippen LogP contribution in [0.2, 0.25) is 0 Å². The van der Waals surface area contributed by atoms with Crippen LogP contribution in [0, 0.1) is 5.92 Å². The monoisotopic (exact) mass is 522 g/mol. The first-order chi connectivity index (χ1) is 15.3. The molecule has 1 fully saturated rings. The number of benzene rings is 2. The molecular weight excluding hydrogens is 496 g/mol. The molecule has 0 radical (unpaired) electrons. The first-order valence-corrected chi connectivity index (χ1v) is 13.1. The van der Waals surface area contributed by atoms with Crippen LogP contribution >= 0.6 is 15.9 Å². The average molecular weight is 523 g/mol. The van der Waals surface area contributed by atoms with Gasteiger partial charge < -0.3 is 14.8 Å². The summed E-state index contributed by atoms with van der Waals surface area (Å²) in [7, 11) is -3.42. The first kappa shape index (κ1) is 23.1. The second-order valence-corrected chi connectivity index (χ2v) is 11.1. The highest BCUT2D eigenvalue weighted by Gasteiger charge is 2.31. The highest BCUT2D eigenvalue weighted by atomic mass is 79.9. The fourth-order valence-electron chi connectivity index (χ4n) is 4.07. The maximum absolute atomic E-state index is 12.8. The number of fused-ring (bicyclic) bond motifs is 1. The van der Waals surface area contributed by atoms with E-state index >= 15 is 0 Å². The average Bonchev–Trinajstić information content (AvgIpc) is 2.78. The SMILES string of the molecule is C[C@H](NC(=O)C1CCN(S(=O)(=O)Cc2cccc(Br)c2)CC1)c1ccc2c(c1)OCCO2. The largest absolute Gasteiger partial charge is 0.486 e. The first-order valence-electron chi connectivity index (χ1n) is 10.7. The van der Waals surface area contributed by atoms with Crippen LogP contribution in [0.25, 0.3) is 0 Å². The highest BCUT2D eigenvalue weighted by Crippen LogP contribution is 2.33. The van der Waals surface area contributed by atoms with Gasteiger partial charge in [-0.2, -0.15) is 0 Å². The third-order valence-electron chi connectivity index (χ3n) is 5.88. The topological polar surface area (TPSA) is 84.9 Å². The summed E-state index contributed by atoms with van der Waals surface area (Å²) in [6.07, 6.45) is 1.02. The Hall–Kier alpha value is -2.10. The number of piperidine rings is 1. The Morgan fingerprint density at radius 1 is 1.12 bits per heavy atom. The lowest BCUT2D eigenvalue weighted by molar-refractivity contribution is -0.126. The molecule has 0 aliphatic carbocycles. The number of hydrogen-bond acceptors (Lipinski definition) is 5. The van der Waals surface area contributed by atoms with E-state index in [9.17, 15) is 13.2 Å². The van der Waals surface area contributed by atoms with Crippen molar-refractivity contribution in [2.45, 2.75) is 31.6 Å². The molecule has 2 aliphatic rings. The lowest BCUT2D eigenvalue weighted by Gasteiger charge is -2.31. The Morgan fingerprint density at radius 2 is 1.84 bits per heavy atom. The number of carbonyl (C=O) groups excluding carboxylic acids is 1. The third-order valence-corrected chi connectivity index (χ3v) is 8.22. The van der Waals surface area contributed by atoms with Crippen molar-refractivity contribution in [2.75, 3.05) is 26.3 Å². The Labute approximate surface area is 197 Å². The number of sulfonamides is 1. The van der Waals surface area contributed by atoms with E-state index in [2.05, 4.69) is 21.2 Å². The summed E-state index contributed by atoms with van der Waals surface area (Å²) in [5, 5.41) is 3.06. The van der Waals surface area contributed by atoms with Crippen LogP contribution in [0.15, 0.2) is 46.9 Å². The van der Waals surface area contributed by atoms with Crippen molar-refractivity contribution in [3.05, 3.63) is 58.1 Å². The van der Waals surface area contributed by atoms with E-state index in [1.54, 1.807) is 0 Å². The number of halogens is 1. The zero-order chi connectivity index (χ0) is 22.7. The molecule has 9 heteroatoms. The van der Waals surface area contributed by atoms with E-state index in [4.69, 9.17) is 9.47 Å². The minimum Gasteiger partial charge on any atom is -0.486 e. The number of carbonyl (C=O) groups is 1. The summed E-state index contributed by atoms with van der Waals surface area (Å²) in [5.41, 5.74) is 1.68. The van der Waals surface area contributed by atoms with Gasteiger partial charge in [0.25, 0.3) is 0 Å². The number of amides is 1. The summed E-state index contributed by atoms with van der Waals surface area (Å²) in [6, 6.07) is 12.8. The number of ether oxygens (including phenoxy) is 2. The molecule has 2 aromatic carbocycles. The predicted molar refractivity (Wildman–Crippen MR) is 125 cm³/mol. The van der Waals surface area contributed by atoms with Gasteiger partial charge >= 0.3 is 0 Å². The summed E-state index contributed by atoms with van der Waals surface area (Å²) < 4.78 is 39.2. The van der Waals surface area contributed by atoms with Crippen molar-refractivity contribution in [1.82, 2.24) is 9.62 Å². The van der Waals surface area contributed by atoms with Gasteiger partial charge in [-0.05, 0) is 55.2 Å². The Kier molecular flexibility index (Phi) is 7.07. The van der Waals surface area contributed by atoms with Gasteiger partial charge in [0, 0.05) is 23.5 Å². The van der Waals surface area contributed by atoms with E-state index in [-0.39, 0.29) is 23.6 Å². The Bertz CT molecular complexity index is 1080. The van der Waals surface area contributed by atoms with Gasteiger partial charge in [0.15, 0.2) is 11.5 Å². The van der Waals surface area contributed by atoms with Crippen LogP contribution < -0.4 is 14.8 Å². The molecule has 0 unspecified atom stereocenters. The van der Waals surface area contributed by atoms with Crippen LogP contribution in [-0.4, -0.2) is 44.9 Å². The van der Waals surface area contributed by atoms with Crippen LogP contribution in [0.4, 0.5) is 0 Å². The lowest BCUT2D eigenvalue weighted by atomic mass is 9.96. The molecule has 1 atom stereocenters. The zero-order valence-corrected chi connectivity index (χ0v) is 20.3. The molecule has 2 aliphatic heterocycles. The maximum atomic E-state index is 12.8. The van der Waals surface area contributed by atoms with Gasteiger partial charge in [-0.15, -0.1) is 0 Å². The lowest BCUT2D eigenvalue weighted by Crippen LogP contribution is -2.43. The van der Waals surface area contributed by atoms with E-state index in [1.807, 2.05) is 49.4 Å². The van der Waals surface area contributed by atoms with E-state index in [1.165, 1.54) is 4.31 Å². The Balaban J connectivity index is 1.31. The molecule has 2 heterocycles. The molecule has 0 aromatic heterocycles. The van der Waals surface area contributed by atoms with Gasteiger partial charge in [-0.1, -0.05) is 34.1 Å². The zero-order valence-electron chi connectivity index (χ0n) is 17.9. The second kappa shape index (κ2) is 9.80. The highest BCUT2D eigenvalue weighted by molar-refractivity contribution is 9.10. The summed E-state index contributed by atoms with van der Waals surface area (Å²) in [6.45, 7) is 3.69. The normalized spacial score (nSPS) is 18.2. The molecule has 1 N–H and O–H groups in total. The predicted octanol–water partition coefficient (Wildman–Crippen LogP) is 3.64. The summed E-state index contributed by atoms with van der Waals surface area (Å²) in [4.78, 5) is 12.8. The van der Waals surface area contributed by atoms with Gasteiger partial charge in [0.2, 0.25) is 15.9 Å². The molecule has 0 bridgehead atoms. The van der Waals surface area contributed by atoms with E-state index in [0.29, 0.717) is 44.9 Å². The molecule has 1 saturated heterocycles. The quantitative estimate of drug-likeness (QED) is 0.625. The van der Waals surface area contributed by atoms with Crippen LogP contribution in [0.1, 0.15) is 36.9 Å². The van der Waals surface area contributed by atoms with E-state index in [0.717, 1.165) is 21.3 Å². The fourth-order valence-corrected chi connectivity index (χ4v) is 6.07. The minimum atomic E-state index is -3.42. The molecule has 0 saturated carbocycles. The number of nitrogens with zero attached hydrogens (tertiary/aromatic N) is 1. The molecule has 0 spiro atoms. The second-order valence-electron chi connectivity index (χ2n) is 8.19. The summed E-state index contributed by atoms with van der Waals surface area (Å²) in [5.74, 6) is 1.13. The van der Waals surface area contributed by atoms with Crippen molar-refractivity contribution in [3.8, 4) is 11.5 Å². The van der Waals surface area contributed by atoms with Crippen molar-refractivity contribution < 1.29 is 22.7 Å². The molecule has 7 nitrogen and oxygen atoms in total. The summed E-state index contributed by atoms with van der Waals surface area (Å²) >= 11 is 3.38. The van der Waals surface area contributed by atoms with Crippen molar-refractivity contribution in [3.63, 3.8) is 0 Å². The fraction of sp³-hybridized carbons (Fsp3) is 0.435.